The summed E-state index contributed by atoms with van der Waals surface area (Å²) in [7, 11) is 0. The van der Waals surface area contributed by atoms with E-state index in [1.165, 1.54) is 17.5 Å². The van der Waals surface area contributed by atoms with E-state index in [1.807, 2.05) is 0 Å². The highest BCUT2D eigenvalue weighted by Crippen LogP contribution is 2.23. The van der Waals surface area contributed by atoms with E-state index in [0.29, 0.717) is 12.1 Å². The Bertz CT molecular complexity index is 495. The van der Waals surface area contributed by atoms with E-state index in [4.69, 9.17) is 0 Å². The molecule has 2 N–H and O–H groups in total. The lowest BCUT2D eigenvalue weighted by Crippen LogP contribution is -2.33. The molecule has 2 heteroatoms. The van der Waals surface area contributed by atoms with Crippen LogP contribution in [0.3, 0.4) is 0 Å². The summed E-state index contributed by atoms with van der Waals surface area (Å²) in [6.45, 7) is 2.03. The van der Waals surface area contributed by atoms with Gasteiger partial charge in [-0.15, -0.1) is 0 Å². The molecule has 0 bridgehead atoms. The van der Waals surface area contributed by atoms with Crippen LogP contribution in [-0.2, 0) is 6.54 Å². The SMILES string of the molecule is c1ccc(CN[C@@H]2CCN[C@H]2c2ccccc2)cc1. The minimum absolute atomic E-state index is 0.435. The smallest absolute Gasteiger partial charge is 0.0476 e. The molecule has 0 radical (unpaired) electrons. The van der Waals surface area contributed by atoms with Crippen LogP contribution in [0.5, 0.6) is 0 Å². The van der Waals surface area contributed by atoms with Gasteiger partial charge in [-0.1, -0.05) is 60.7 Å². The van der Waals surface area contributed by atoms with Gasteiger partial charge in [-0.2, -0.15) is 0 Å². The fourth-order valence-electron chi connectivity index (χ4n) is 2.78. The van der Waals surface area contributed by atoms with E-state index < -0.39 is 0 Å². The molecule has 1 fully saturated rings. The van der Waals surface area contributed by atoms with Gasteiger partial charge in [-0.25, -0.2) is 0 Å². The lowest BCUT2D eigenvalue weighted by molar-refractivity contribution is 0.461. The zero-order chi connectivity index (χ0) is 12.9. The minimum Gasteiger partial charge on any atom is -0.309 e. The van der Waals surface area contributed by atoms with E-state index in [9.17, 15) is 0 Å². The molecule has 0 spiro atoms. The van der Waals surface area contributed by atoms with Crippen LogP contribution in [0.15, 0.2) is 60.7 Å². The highest BCUT2D eigenvalue weighted by molar-refractivity contribution is 5.22. The van der Waals surface area contributed by atoms with Gasteiger partial charge < -0.3 is 10.6 Å². The van der Waals surface area contributed by atoms with Crippen molar-refractivity contribution in [2.45, 2.75) is 25.0 Å². The van der Waals surface area contributed by atoms with Crippen LogP contribution in [0.25, 0.3) is 0 Å². The largest absolute Gasteiger partial charge is 0.309 e. The summed E-state index contributed by atoms with van der Waals surface area (Å²) < 4.78 is 0. The molecule has 2 aromatic carbocycles. The van der Waals surface area contributed by atoms with Gasteiger partial charge in [0.25, 0.3) is 0 Å². The zero-order valence-electron chi connectivity index (χ0n) is 11.0. The summed E-state index contributed by atoms with van der Waals surface area (Å²) in [4.78, 5) is 0. The van der Waals surface area contributed by atoms with Crippen molar-refractivity contribution in [3.63, 3.8) is 0 Å². The lowest BCUT2D eigenvalue weighted by atomic mass is 10.0. The molecule has 0 aliphatic carbocycles. The first kappa shape index (κ1) is 12.4. The van der Waals surface area contributed by atoms with Crippen LogP contribution >= 0.6 is 0 Å². The topological polar surface area (TPSA) is 24.1 Å². The molecule has 0 saturated carbocycles. The van der Waals surface area contributed by atoms with Crippen molar-refractivity contribution in [2.75, 3.05) is 6.54 Å². The number of hydrogen-bond donors (Lipinski definition) is 2. The molecule has 1 saturated heterocycles. The molecule has 0 unspecified atom stereocenters. The molecule has 2 atom stereocenters. The average Bonchev–Trinajstić information content (AvgIpc) is 2.95. The molecule has 2 aromatic rings. The second-order valence-electron chi connectivity index (χ2n) is 5.10. The molecule has 3 rings (SSSR count). The molecule has 1 heterocycles. The molecular formula is C17H20N2. The van der Waals surface area contributed by atoms with Gasteiger partial charge in [0.2, 0.25) is 0 Å². The summed E-state index contributed by atoms with van der Waals surface area (Å²) in [5.74, 6) is 0. The maximum Gasteiger partial charge on any atom is 0.0476 e. The number of nitrogens with one attached hydrogen (secondary N) is 2. The normalized spacial score (nSPS) is 22.5. The predicted octanol–water partition coefficient (Wildman–Crippen LogP) is 2.88. The van der Waals surface area contributed by atoms with Crippen molar-refractivity contribution in [1.29, 1.82) is 0 Å². The Morgan fingerprint density at radius 1 is 0.947 bits per heavy atom. The Kier molecular flexibility index (Phi) is 3.92. The molecule has 0 aromatic heterocycles. The highest BCUT2D eigenvalue weighted by Gasteiger charge is 2.27. The predicted molar refractivity (Wildman–Crippen MR) is 78.9 cm³/mol. The Morgan fingerprint density at radius 2 is 1.63 bits per heavy atom. The van der Waals surface area contributed by atoms with E-state index in [-0.39, 0.29) is 0 Å². The van der Waals surface area contributed by atoms with E-state index in [0.717, 1.165) is 13.1 Å². The van der Waals surface area contributed by atoms with Crippen molar-refractivity contribution in [3.8, 4) is 0 Å². The quantitative estimate of drug-likeness (QED) is 0.874. The van der Waals surface area contributed by atoms with Gasteiger partial charge in [0.1, 0.15) is 0 Å². The molecule has 1 aliphatic rings. The number of rotatable bonds is 4. The third-order valence-electron chi connectivity index (χ3n) is 3.79. The van der Waals surface area contributed by atoms with Crippen molar-refractivity contribution >= 4 is 0 Å². The number of benzene rings is 2. The van der Waals surface area contributed by atoms with Crippen LogP contribution in [0, 0.1) is 0 Å². The van der Waals surface area contributed by atoms with Crippen molar-refractivity contribution < 1.29 is 0 Å². The second kappa shape index (κ2) is 6.00. The van der Waals surface area contributed by atoms with Crippen LogP contribution < -0.4 is 10.6 Å². The monoisotopic (exact) mass is 252 g/mol. The summed E-state index contributed by atoms with van der Waals surface area (Å²) in [5.41, 5.74) is 2.73. The van der Waals surface area contributed by atoms with Gasteiger partial charge in [0.05, 0.1) is 0 Å². The van der Waals surface area contributed by atoms with Crippen molar-refractivity contribution in [1.82, 2.24) is 10.6 Å². The van der Waals surface area contributed by atoms with Crippen LogP contribution in [0.4, 0.5) is 0 Å². The first-order valence-electron chi connectivity index (χ1n) is 6.99. The van der Waals surface area contributed by atoms with E-state index in [2.05, 4.69) is 71.3 Å². The highest BCUT2D eigenvalue weighted by atomic mass is 15.1. The number of hydrogen-bond acceptors (Lipinski definition) is 2. The van der Waals surface area contributed by atoms with Gasteiger partial charge in [-0.05, 0) is 24.1 Å². The lowest BCUT2D eigenvalue weighted by Gasteiger charge is -2.21. The Hall–Kier alpha value is -1.64. The molecule has 2 nitrogen and oxygen atoms in total. The Morgan fingerprint density at radius 3 is 2.37 bits per heavy atom. The van der Waals surface area contributed by atoms with Crippen LogP contribution in [0.1, 0.15) is 23.6 Å². The third-order valence-corrected chi connectivity index (χ3v) is 3.79. The fourth-order valence-corrected chi connectivity index (χ4v) is 2.78. The average molecular weight is 252 g/mol. The zero-order valence-corrected chi connectivity index (χ0v) is 11.0. The van der Waals surface area contributed by atoms with Crippen molar-refractivity contribution in [2.24, 2.45) is 0 Å². The molecular weight excluding hydrogens is 232 g/mol. The third kappa shape index (κ3) is 3.03. The maximum absolute atomic E-state index is 3.68. The summed E-state index contributed by atoms with van der Waals surface area (Å²) in [5, 5.41) is 7.28. The van der Waals surface area contributed by atoms with Crippen molar-refractivity contribution in [3.05, 3.63) is 71.8 Å². The fraction of sp³-hybridized carbons (Fsp3) is 0.294. The second-order valence-corrected chi connectivity index (χ2v) is 5.10. The first-order chi connectivity index (χ1) is 9.43. The summed E-state index contributed by atoms with van der Waals surface area (Å²) >= 11 is 0. The minimum atomic E-state index is 0.435. The molecule has 19 heavy (non-hydrogen) atoms. The Labute approximate surface area is 114 Å². The molecule has 1 aliphatic heterocycles. The molecule has 0 amide bonds. The van der Waals surface area contributed by atoms with Gasteiger partial charge >= 0.3 is 0 Å². The summed E-state index contributed by atoms with van der Waals surface area (Å²) in [6, 6.07) is 22.3. The standard InChI is InChI=1S/C17H20N2/c1-3-7-14(8-4-1)13-19-16-11-12-18-17(16)15-9-5-2-6-10-15/h1-10,16-19H,11-13H2/t16-,17+/m1/s1. The van der Waals surface area contributed by atoms with Gasteiger partial charge in [0, 0.05) is 18.6 Å². The van der Waals surface area contributed by atoms with E-state index >= 15 is 0 Å². The maximum atomic E-state index is 3.68. The van der Waals surface area contributed by atoms with E-state index in [1.54, 1.807) is 0 Å². The van der Waals surface area contributed by atoms with Gasteiger partial charge in [-0.3, -0.25) is 0 Å². The summed E-state index contributed by atoms with van der Waals surface area (Å²) in [6.07, 6.45) is 1.19. The van der Waals surface area contributed by atoms with Crippen LogP contribution in [-0.4, -0.2) is 12.6 Å². The molecule has 98 valence electrons. The van der Waals surface area contributed by atoms with Gasteiger partial charge in [0.15, 0.2) is 0 Å². The Balaban J connectivity index is 1.64. The first-order valence-corrected chi connectivity index (χ1v) is 6.99. The van der Waals surface area contributed by atoms with Crippen LogP contribution in [0.2, 0.25) is 0 Å².